The van der Waals surface area contributed by atoms with Crippen molar-refractivity contribution in [1.29, 1.82) is 0 Å². The number of quaternary nitrogens is 1. The van der Waals surface area contributed by atoms with Crippen LogP contribution in [-0.2, 0) is 27.9 Å². The van der Waals surface area contributed by atoms with Crippen LogP contribution in [-0.4, -0.2) is 69.4 Å². The molecular weight excluding hydrogens is 1100 g/mol. The number of phosphoric ester groups is 1. The fraction of sp³-hybridized carbons (Fsp3) is 0.792. The third-order valence-corrected chi connectivity index (χ3v) is 17.3. The van der Waals surface area contributed by atoms with Crippen LogP contribution in [0.2, 0.25) is 0 Å². The number of phosphoric acid groups is 1. The molecule has 3 atom stereocenters. The second-order valence-corrected chi connectivity index (χ2v) is 27.5. The van der Waals surface area contributed by atoms with Gasteiger partial charge in [0.2, 0.25) is 5.91 Å². The summed E-state index contributed by atoms with van der Waals surface area (Å²) in [5.41, 5.74) is 0. The summed E-state index contributed by atoms with van der Waals surface area (Å²) < 4.78 is 30.5. The van der Waals surface area contributed by atoms with E-state index in [0.29, 0.717) is 17.4 Å². The minimum absolute atomic E-state index is 0.0295. The number of ether oxygens (including phenoxy) is 1. The summed E-state index contributed by atoms with van der Waals surface area (Å²) in [4.78, 5) is 40.2. The van der Waals surface area contributed by atoms with Gasteiger partial charge in [0.1, 0.15) is 19.3 Å². The van der Waals surface area contributed by atoms with Crippen molar-refractivity contribution >= 4 is 19.7 Å². The average molecular weight is 1240 g/mol. The number of allylic oxidation sites excluding steroid dienone is 13. The molecule has 0 fully saturated rings. The second-order valence-electron chi connectivity index (χ2n) is 26.1. The quantitative estimate of drug-likeness (QED) is 0.0212. The number of nitrogens with zero attached hydrogens (tertiary/aromatic N) is 1. The van der Waals surface area contributed by atoms with E-state index in [4.69, 9.17) is 13.8 Å². The number of rotatable bonds is 67. The highest BCUT2D eigenvalue weighted by molar-refractivity contribution is 7.45. The Bertz CT molecular complexity index is 1760. The molecule has 1 amide bonds. The van der Waals surface area contributed by atoms with Gasteiger partial charge in [-0.2, -0.15) is 0 Å². The zero-order chi connectivity index (χ0) is 63.5. The SMILES string of the molecule is CC/C=C\C/C=C\C/C=C\C/C=C\C/C=C\C/C=C\CCCCCCC(=O)NC(COP(=O)([O-])OCC[N+](C)(C)C)C(/C=C/CCCCCCCCCCCCC)OC(=O)CCCCCCCCCCCCCCCCCCCCCCCCCCC. The van der Waals surface area contributed by atoms with Crippen LogP contribution in [0.4, 0.5) is 0 Å². The summed E-state index contributed by atoms with van der Waals surface area (Å²) in [6, 6.07) is -0.906. The van der Waals surface area contributed by atoms with Crippen LogP contribution in [0.3, 0.4) is 0 Å². The van der Waals surface area contributed by atoms with Crippen LogP contribution in [0.25, 0.3) is 0 Å². The Kier molecular flexibility index (Phi) is 64.0. The lowest BCUT2D eigenvalue weighted by Gasteiger charge is -2.30. The molecule has 0 aromatic rings. The molecule has 0 aromatic carbocycles. The van der Waals surface area contributed by atoms with Gasteiger partial charge in [-0.15, -0.1) is 0 Å². The molecule has 0 saturated carbocycles. The number of unbranched alkanes of at least 4 members (excludes halogenated alkanes) is 39. The summed E-state index contributed by atoms with van der Waals surface area (Å²) in [7, 11) is 1.17. The standard InChI is InChI=1S/C77H141N2O7P/c1-7-10-13-16-19-22-25-28-30-32-34-36-38-39-41-43-45-47-49-52-55-58-61-64-67-70-77(81)86-75(68-65-62-59-56-53-50-27-24-21-18-15-12-9-3)74(73-85-87(82,83)84-72-71-79(4,5)6)78-76(80)69-66-63-60-57-54-51-48-46-44-42-40-37-35-33-31-29-26-23-20-17-14-11-8-2/h11,14,20,23,29,31,35,37,42,44,48,51,65,68,74-75H,7-10,12-13,15-19,21-22,24-28,30,32-34,36,38-41,43,45-47,49-50,52-64,66-67,69-73H2,1-6H3,(H-,78,80,82,83)/b14-11-,23-20-,31-29-,37-35-,44-42-,51-48-,68-65+. The highest BCUT2D eigenvalue weighted by atomic mass is 31.2. The number of nitrogens with one attached hydrogen (secondary N) is 1. The number of esters is 1. The smallest absolute Gasteiger partial charge is 0.306 e. The fourth-order valence-electron chi connectivity index (χ4n) is 10.7. The van der Waals surface area contributed by atoms with Crippen molar-refractivity contribution in [3.8, 4) is 0 Å². The Hall–Kier alpha value is -2.81. The number of hydrogen-bond donors (Lipinski definition) is 1. The maximum Gasteiger partial charge on any atom is 0.306 e. The zero-order valence-electron chi connectivity index (χ0n) is 58.0. The normalized spacial score (nSPS) is 14.0. The van der Waals surface area contributed by atoms with Gasteiger partial charge in [0.25, 0.3) is 7.82 Å². The monoisotopic (exact) mass is 1240 g/mol. The van der Waals surface area contributed by atoms with Gasteiger partial charge in [0.05, 0.1) is 33.8 Å². The number of carbonyl (C=O) groups is 2. The van der Waals surface area contributed by atoms with Gasteiger partial charge in [-0.3, -0.25) is 14.2 Å². The minimum Gasteiger partial charge on any atom is -0.756 e. The van der Waals surface area contributed by atoms with Crippen LogP contribution < -0.4 is 10.2 Å². The maximum absolute atomic E-state index is 13.6. The van der Waals surface area contributed by atoms with Crippen molar-refractivity contribution in [1.82, 2.24) is 5.32 Å². The molecule has 0 aliphatic heterocycles. The second kappa shape index (κ2) is 66.1. The summed E-state index contributed by atoms with van der Waals surface area (Å²) in [5.74, 6) is -0.559. The molecule has 0 heterocycles. The lowest BCUT2D eigenvalue weighted by molar-refractivity contribution is -0.870. The van der Waals surface area contributed by atoms with E-state index in [1.807, 2.05) is 33.3 Å². The van der Waals surface area contributed by atoms with E-state index < -0.39 is 26.6 Å². The minimum atomic E-state index is -4.72. The number of carbonyl (C=O) groups excluding carboxylic acids is 2. The van der Waals surface area contributed by atoms with E-state index in [1.165, 1.54) is 199 Å². The lowest BCUT2D eigenvalue weighted by Crippen LogP contribution is -2.47. The Morgan fingerprint density at radius 1 is 0.414 bits per heavy atom. The van der Waals surface area contributed by atoms with E-state index in [0.717, 1.165) is 103 Å². The molecule has 1 N–H and O–H groups in total. The number of hydrogen-bond acceptors (Lipinski definition) is 7. The Morgan fingerprint density at radius 3 is 1.10 bits per heavy atom. The van der Waals surface area contributed by atoms with Gasteiger partial charge in [-0.05, 0) is 83.1 Å². The van der Waals surface area contributed by atoms with E-state index in [9.17, 15) is 19.0 Å². The van der Waals surface area contributed by atoms with Gasteiger partial charge >= 0.3 is 5.97 Å². The van der Waals surface area contributed by atoms with E-state index in [1.54, 1.807) is 0 Å². The highest BCUT2D eigenvalue weighted by Crippen LogP contribution is 2.38. The van der Waals surface area contributed by atoms with Crippen molar-refractivity contribution in [3.63, 3.8) is 0 Å². The predicted octanol–water partition coefficient (Wildman–Crippen LogP) is 23.0. The summed E-state index contributed by atoms with van der Waals surface area (Å²) >= 11 is 0. The molecule has 0 saturated heterocycles. The number of likely N-dealkylation sites (N-methyl/N-ethyl adjacent to an activating group) is 1. The topological polar surface area (TPSA) is 114 Å². The first kappa shape index (κ1) is 84.2. The van der Waals surface area contributed by atoms with E-state index in [2.05, 4.69) is 99.0 Å². The molecule has 0 spiro atoms. The summed E-state index contributed by atoms with van der Waals surface area (Å²) in [6.45, 7) is 6.75. The Morgan fingerprint density at radius 2 is 0.736 bits per heavy atom. The average Bonchev–Trinajstić information content (AvgIpc) is 3.69. The van der Waals surface area contributed by atoms with Crippen LogP contribution in [0.1, 0.15) is 342 Å². The Balaban J connectivity index is 5.10. The van der Waals surface area contributed by atoms with Gasteiger partial charge in [0.15, 0.2) is 0 Å². The van der Waals surface area contributed by atoms with Crippen molar-refractivity contribution in [2.45, 2.75) is 354 Å². The molecule has 0 aromatic heterocycles. The largest absolute Gasteiger partial charge is 0.756 e. The molecule has 87 heavy (non-hydrogen) atoms. The zero-order valence-corrected chi connectivity index (χ0v) is 58.9. The number of amides is 1. The maximum atomic E-state index is 13.6. The first-order valence-corrected chi connectivity index (χ1v) is 38.4. The Labute approximate surface area is 539 Å². The van der Waals surface area contributed by atoms with Crippen LogP contribution in [0, 0.1) is 0 Å². The van der Waals surface area contributed by atoms with Crippen LogP contribution >= 0.6 is 7.82 Å². The molecular formula is C77H141N2O7P. The van der Waals surface area contributed by atoms with Gasteiger partial charge in [-0.25, -0.2) is 0 Å². The predicted molar refractivity (Wildman–Crippen MR) is 376 cm³/mol. The van der Waals surface area contributed by atoms with Crippen LogP contribution in [0.5, 0.6) is 0 Å². The fourth-order valence-corrected chi connectivity index (χ4v) is 11.4. The third-order valence-electron chi connectivity index (χ3n) is 16.3. The third kappa shape index (κ3) is 67.4. The molecule has 0 aliphatic carbocycles. The first-order valence-electron chi connectivity index (χ1n) is 36.9. The molecule has 0 bridgehead atoms. The molecule has 0 aliphatic rings. The molecule has 3 unspecified atom stereocenters. The highest BCUT2D eigenvalue weighted by Gasteiger charge is 2.27. The summed E-state index contributed by atoms with van der Waals surface area (Å²) in [5, 5.41) is 3.03. The molecule has 506 valence electrons. The van der Waals surface area contributed by atoms with Crippen molar-refractivity contribution < 1.29 is 37.3 Å². The van der Waals surface area contributed by atoms with Crippen molar-refractivity contribution in [2.75, 3.05) is 40.9 Å². The van der Waals surface area contributed by atoms with E-state index in [-0.39, 0.29) is 31.3 Å². The van der Waals surface area contributed by atoms with Crippen molar-refractivity contribution in [2.24, 2.45) is 0 Å². The first-order chi connectivity index (χ1) is 42.4. The lowest BCUT2D eigenvalue weighted by atomic mass is 10.0. The van der Waals surface area contributed by atoms with E-state index >= 15 is 0 Å². The summed E-state index contributed by atoms with van der Waals surface area (Å²) in [6.07, 6.45) is 88.6. The van der Waals surface area contributed by atoms with Gasteiger partial charge in [0, 0.05) is 12.8 Å². The van der Waals surface area contributed by atoms with Gasteiger partial charge < -0.3 is 28.5 Å². The molecule has 10 heteroatoms. The van der Waals surface area contributed by atoms with Gasteiger partial charge in [-0.1, -0.05) is 331 Å². The molecule has 9 nitrogen and oxygen atoms in total. The molecule has 0 rings (SSSR count). The molecule has 0 radical (unpaired) electrons. The van der Waals surface area contributed by atoms with Crippen molar-refractivity contribution in [3.05, 3.63) is 85.1 Å². The van der Waals surface area contributed by atoms with Crippen LogP contribution in [0.15, 0.2) is 85.1 Å².